The molecule has 0 aliphatic rings. The van der Waals surface area contributed by atoms with Crippen molar-refractivity contribution in [1.82, 2.24) is 0 Å². The second kappa shape index (κ2) is 6.05. The predicted octanol–water partition coefficient (Wildman–Crippen LogP) is 2.01. The highest BCUT2D eigenvalue weighted by atomic mass is 16.6. The van der Waals surface area contributed by atoms with Gasteiger partial charge in [0, 0.05) is 13.2 Å². The van der Waals surface area contributed by atoms with Gasteiger partial charge in [0.1, 0.15) is 11.4 Å². The van der Waals surface area contributed by atoms with Gasteiger partial charge in [-0.15, -0.1) is 0 Å². The number of ether oxygens (including phenoxy) is 1. The number of methoxy groups -OCH3 is 1. The van der Waals surface area contributed by atoms with Gasteiger partial charge < -0.3 is 15.8 Å². The van der Waals surface area contributed by atoms with Crippen molar-refractivity contribution >= 4 is 17.1 Å². The van der Waals surface area contributed by atoms with Crippen molar-refractivity contribution in [3.05, 3.63) is 28.3 Å². The molecule has 6 heteroatoms. The highest BCUT2D eigenvalue weighted by Gasteiger charge is 2.19. The Morgan fingerprint density at radius 2 is 2.29 bits per heavy atom. The van der Waals surface area contributed by atoms with Crippen LogP contribution in [0.5, 0.6) is 0 Å². The topological polar surface area (TPSA) is 90.4 Å². The zero-order chi connectivity index (χ0) is 12.8. The first kappa shape index (κ1) is 13.2. The normalized spacial score (nSPS) is 12.1. The van der Waals surface area contributed by atoms with Crippen LogP contribution in [0.15, 0.2) is 18.2 Å². The van der Waals surface area contributed by atoms with Gasteiger partial charge in [-0.1, -0.05) is 13.0 Å². The van der Waals surface area contributed by atoms with Crippen molar-refractivity contribution in [2.24, 2.45) is 0 Å². The number of para-hydroxylation sites is 1. The third kappa shape index (κ3) is 3.32. The van der Waals surface area contributed by atoms with E-state index in [0.717, 1.165) is 6.42 Å². The molecule has 0 bridgehead atoms. The minimum absolute atomic E-state index is 0.0282. The first-order valence-corrected chi connectivity index (χ1v) is 5.38. The van der Waals surface area contributed by atoms with Gasteiger partial charge >= 0.3 is 5.69 Å². The lowest BCUT2D eigenvalue weighted by Crippen LogP contribution is -2.24. The van der Waals surface area contributed by atoms with Crippen molar-refractivity contribution in [2.45, 2.75) is 19.4 Å². The zero-order valence-corrected chi connectivity index (χ0v) is 9.97. The summed E-state index contributed by atoms with van der Waals surface area (Å²) >= 11 is 0. The number of nitrogen functional groups attached to an aromatic ring is 1. The van der Waals surface area contributed by atoms with Crippen molar-refractivity contribution in [1.29, 1.82) is 0 Å². The summed E-state index contributed by atoms with van der Waals surface area (Å²) in [6.45, 7) is 2.47. The van der Waals surface area contributed by atoms with Gasteiger partial charge in [-0.05, 0) is 18.6 Å². The number of rotatable bonds is 6. The Bertz CT molecular complexity index is 396. The lowest BCUT2D eigenvalue weighted by atomic mass is 10.2. The Hall–Kier alpha value is -1.82. The van der Waals surface area contributed by atoms with Gasteiger partial charge in [0.2, 0.25) is 0 Å². The predicted molar refractivity (Wildman–Crippen MR) is 67.1 cm³/mol. The largest absolute Gasteiger partial charge is 0.393 e. The molecule has 0 radical (unpaired) electrons. The molecule has 0 fully saturated rings. The molecule has 1 unspecified atom stereocenters. The highest BCUT2D eigenvalue weighted by Crippen LogP contribution is 2.31. The molecular formula is C11H17N3O3. The standard InChI is InChI=1S/C11H17N3O3/c1-3-8(7-17-2)13-10-6-4-5-9(12)11(10)14(15)16/h4-6,8,13H,3,7,12H2,1-2H3. The van der Waals surface area contributed by atoms with Crippen LogP contribution in [-0.2, 0) is 4.74 Å². The quantitative estimate of drug-likeness (QED) is 0.450. The Balaban J connectivity index is 2.97. The molecular weight excluding hydrogens is 222 g/mol. The van der Waals surface area contributed by atoms with Crippen LogP contribution in [-0.4, -0.2) is 24.7 Å². The van der Waals surface area contributed by atoms with Gasteiger partial charge in [0.15, 0.2) is 0 Å². The Kier molecular flexibility index (Phi) is 4.71. The van der Waals surface area contributed by atoms with E-state index < -0.39 is 4.92 Å². The third-order valence-electron chi connectivity index (χ3n) is 2.47. The Labute approximate surface area is 99.9 Å². The maximum atomic E-state index is 10.9. The first-order valence-electron chi connectivity index (χ1n) is 5.38. The van der Waals surface area contributed by atoms with E-state index in [1.54, 1.807) is 19.2 Å². The summed E-state index contributed by atoms with van der Waals surface area (Å²) in [5, 5.41) is 14.0. The van der Waals surface area contributed by atoms with Crippen LogP contribution in [0.25, 0.3) is 0 Å². The van der Waals surface area contributed by atoms with Crippen molar-refractivity contribution in [2.75, 3.05) is 24.8 Å². The molecule has 1 aromatic rings. The minimum Gasteiger partial charge on any atom is -0.393 e. The van der Waals surface area contributed by atoms with E-state index in [2.05, 4.69) is 5.32 Å². The van der Waals surface area contributed by atoms with E-state index in [1.165, 1.54) is 6.07 Å². The van der Waals surface area contributed by atoms with Crippen molar-refractivity contribution in [3.63, 3.8) is 0 Å². The number of nitrogens with two attached hydrogens (primary N) is 1. The van der Waals surface area contributed by atoms with Gasteiger partial charge in [0.05, 0.1) is 11.5 Å². The molecule has 0 aromatic heterocycles. The molecule has 6 nitrogen and oxygen atoms in total. The summed E-state index contributed by atoms with van der Waals surface area (Å²) in [7, 11) is 1.60. The number of nitro groups is 1. The average Bonchev–Trinajstić information content (AvgIpc) is 2.28. The second-order valence-electron chi connectivity index (χ2n) is 3.71. The third-order valence-corrected chi connectivity index (χ3v) is 2.47. The van der Waals surface area contributed by atoms with E-state index >= 15 is 0 Å². The van der Waals surface area contributed by atoms with E-state index in [-0.39, 0.29) is 17.4 Å². The number of nitrogens with one attached hydrogen (secondary N) is 1. The molecule has 94 valence electrons. The molecule has 1 aromatic carbocycles. The van der Waals surface area contributed by atoms with E-state index in [4.69, 9.17) is 10.5 Å². The minimum atomic E-state index is -0.475. The summed E-state index contributed by atoms with van der Waals surface area (Å²) in [5.41, 5.74) is 6.11. The Morgan fingerprint density at radius 3 is 2.82 bits per heavy atom. The van der Waals surface area contributed by atoms with Crippen LogP contribution >= 0.6 is 0 Å². The maximum absolute atomic E-state index is 10.9. The molecule has 3 N–H and O–H groups in total. The van der Waals surface area contributed by atoms with Crippen LogP contribution in [0.2, 0.25) is 0 Å². The lowest BCUT2D eigenvalue weighted by Gasteiger charge is -2.17. The number of anilines is 2. The smallest absolute Gasteiger partial charge is 0.314 e. The molecule has 0 heterocycles. The van der Waals surface area contributed by atoms with E-state index in [9.17, 15) is 10.1 Å². The summed E-state index contributed by atoms with van der Waals surface area (Å²) < 4.78 is 5.03. The summed E-state index contributed by atoms with van der Waals surface area (Å²) in [4.78, 5) is 10.4. The van der Waals surface area contributed by atoms with Crippen LogP contribution in [0.1, 0.15) is 13.3 Å². The van der Waals surface area contributed by atoms with Gasteiger partial charge in [-0.25, -0.2) is 0 Å². The van der Waals surface area contributed by atoms with Crippen LogP contribution in [0.4, 0.5) is 17.1 Å². The number of hydrogen-bond acceptors (Lipinski definition) is 5. The van der Waals surface area contributed by atoms with Crippen molar-refractivity contribution in [3.8, 4) is 0 Å². The summed E-state index contributed by atoms with van der Waals surface area (Å²) in [6, 6.07) is 4.87. The zero-order valence-electron chi connectivity index (χ0n) is 9.97. The molecule has 0 amide bonds. The molecule has 17 heavy (non-hydrogen) atoms. The van der Waals surface area contributed by atoms with Crippen molar-refractivity contribution < 1.29 is 9.66 Å². The maximum Gasteiger partial charge on any atom is 0.314 e. The number of nitrogens with zero attached hydrogens (tertiary/aromatic N) is 1. The average molecular weight is 239 g/mol. The van der Waals surface area contributed by atoms with Gasteiger partial charge in [0.25, 0.3) is 0 Å². The lowest BCUT2D eigenvalue weighted by molar-refractivity contribution is -0.383. The fourth-order valence-electron chi connectivity index (χ4n) is 1.56. The summed E-state index contributed by atoms with van der Waals surface area (Å²) in [5.74, 6) is 0. The van der Waals surface area contributed by atoms with E-state index in [1.807, 2.05) is 6.92 Å². The molecule has 1 rings (SSSR count). The molecule has 0 spiro atoms. The van der Waals surface area contributed by atoms with Crippen LogP contribution in [0, 0.1) is 10.1 Å². The fourth-order valence-corrected chi connectivity index (χ4v) is 1.56. The number of benzene rings is 1. The van der Waals surface area contributed by atoms with Gasteiger partial charge in [-0.3, -0.25) is 10.1 Å². The SMILES string of the molecule is CCC(COC)Nc1cccc(N)c1[N+](=O)[O-]. The Morgan fingerprint density at radius 1 is 1.59 bits per heavy atom. The number of hydrogen-bond donors (Lipinski definition) is 2. The van der Waals surface area contributed by atoms with Crippen LogP contribution in [0.3, 0.4) is 0 Å². The molecule has 1 atom stereocenters. The molecule has 0 aliphatic carbocycles. The van der Waals surface area contributed by atoms with E-state index in [0.29, 0.717) is 12.3 Å². The molecule has 0 aliphatic heterocycles. The first-order chi connectivity index (χ1) is 8.10. The highest BCUT2D eigenvalue weighted by molar-refractivity contribution is 5.74. The number of nitro benzene ring substituents is 1. The second-order valence-corrected chi connectivity index (χ2v) is 3.71. The summed E-state index contributed by atoms with van der Waals surface area (Å²) in [6.07, 6.45) is 0.805. The van der Waals surface area contributed by atoms with Gasteiger partial charge in [-0.2, -0.15) is 0 Å². The molecule has 0 saturated carbocycles. The fraction of sp³-hybridized carbons (Fsp3) is 0.455. The molecule has 0 saturated heterocycles. The monoisotopic (exact) mass is 239 g/mol. The van der Waals surface area contributed by atoms with Crippen LogP contribution < -0.4 is 11.1 Å².